The summed E-state index contributed by atoms with van der Waals surface area (Å²) >= 11 is 35.3. The quantitative estimate of drug-likeness (QED) is 0.482. The fraction of sp³-hybridized carbons (Fsp3) is 1.00. The number of nitrogens with two attached hydrogens (primary N) is 3. The molecule has 0 saturated heterocycles. The molecule has 0 bridgehead atoms. The van der Waals surface area contributed by atoms with Gasteiger partial charge in [-0.15, -0.1) is 69.6 Å². The van der Waals surface area contributed by atoms with Crippen LogP contribution in [0.3, 0.4) is 0 Å². The van der Waals surface area contributed by atoms with Crippen LogP contribution in [-0.4, -0.2) is 76.4 Å². The van der Waals surface area contributed by atoms with Crippen LogP contribution >= 0.6 is 69.6 Å². The zero-order valence-corrected chi connectivity index (χ0v) is 18.1. The van der Waals surface area contributed by atoms with Gasteiger partial charge < -0.3 is 22.1 Å². The first-order valence-corrected chi connectivity index (χ1v) is 10.6. The normalized spacial score (nSPS) is 33.2. The Hall–Kier alpha value is 1.58. The van der Waals surface area contributed by atoms with E-state index in [0.717, 1.165) is 52.1 Å². The third-order valence-electron chi connectivity index (χ3n) is 3.63. The van der Waals surface area contributed by atoms with Gasteiger partial charge in [-0.1, -0.05) is 0 Å². The van der Waals surface area contributed by atoms with Gasteiger partial charge in [0.1, 0.15) is 0 Å². The van der Waals surface area contributed by atoms with Crippen molar-refractivity contribution in [1.29, 1.82) is 0 Å². The molecule has 0 aromatic rings. The summed E-state index contributed by atoms with van der Waals surface area (Å²) in [5.41, 5.74) is 16.3. The Balaban J connectivity index is 0.000000441. The van der Waals surface area contributed by atoms with Gasteiger partial charge in [-0.25, -0.2) is 0 Å². The van der Waals surface area contributed by atoms with E-state index in [2.05, 4.69) is 4.90 Å². The lowest BCUT2D eigenvalue weighted by atomic mass is 9.97. The standard InChI is InChI=1S/C8H22N4.C6H6Cl6/c9-3-1-6-12(8-5-11)7-2-4-10;7-1-2(8)4(10)6(12)5(11)3(1)9/h1-11H2;1-6H/t;1-,2-,3-,4+,5+,6+. The van der Waals surface area contributed by atoms with Crippen molar-refractivity contribution >= 4 is 69.6 Å². The van der Waals surface area contributed by atoms with Crippen LogP contribution < -0.4 is 17.2 Å². The van der Waals surface area contributed by atoms with Crippen LogP contribution in [0.1, 0.15) is 12.8 Å². The number of rotatable bonds is 8. The summed E-state index contributed by atoms with van der Waals surface area (Å²) < 4.78 is 0. The summed E-state index contributed by atoms with van der Waals surface area (Å²) in [6, 6.07) is 0. The molecule has 24 heavy (non-hydrogen) atoms. The molecule has 1 saturated carbocycles. The summed E-state index contributed by atoms with van der Waals surface area (Å²) in [6.07, 6.45) is 2.09. The second kappa shape index (κ2) is 14.6. The molecule has 10 heteroatoms. The summed E-state index contributed by atoms with van der Waals surface area (Å²) in [5, 5.41) is -2.62. The third kappa shape index (κ3) is 8.98. The van der Waals surface area contributed by atoms with E-state index in [1.165, 1.54) is 0 Å². The Kier molecular flexibility index (Phi) is 15.6. The molecule has 0 aliphatic heterocycles. The first-order valence-electron chi connectivity index (χ1n) is 7.98. The second-order valence-electron chi connectivity index (χ2n) is 5.58. The molecule has 6 N–H and O–H groups in total. The second-order valence-corrected chi connectivity index (χ2v) is 8.61. The van der Waals surface area contributed by atoms with Gasteiger partial charge >= 0.3 is 0 Å². The van der Waals surface area contributed by atoms with Crippen molar-refractivity contribution in [1.82, 2.24) is 4.90 Å². The molecule has 0 aromatic carbocycles. The maximum atomic E-state index is 5.88. The number of alkyl halides is 6. The number of hydrogen-bond donors (Lipinski definition) is 3. The largest absolute Gasteiger partial charge is 0.330 e. The van der Waals surface area contributed by atoms with Gasteiger partial charge in [-0.05, 0) is 39.0 Å². The Bertz CT molecular complexity index is 248. The Morgan fingerprint density at radius 1 is 0.500 bits per heavy atom. The average Bonchev–Trinajstić information content (AvgIpc) is 2.59. The van der Waals surface area contributed by atoms with Gasteiger partial charge in [-0.3, -0.25) is 0 Å². The van der Waals surface area contributed by atoms with E-state index in [1.807, 2.05) is 0 Å². The van der Waals surface area contributed by atoms with E-state index in [-0.39, 0.29) is 0 Å². The van der Waals surface area contributed by atoms with Crippen molar-refractivity contribution in [3.63, 3.8) is 0 Å². The van der Waals surface area contributed by atoms with Crippen LogP contribution in [-0.2, 0) is 0 Å². The van der Waals surface area contributed by atoms with Crippen molar-refractivity contribution in [2.45, 2.75) is 45.1 Å². The molecule has 0 heterocycles. The van der Waals surface area contributed by atoms with Crippen LogP contribution in [0.25, 0.3) is 0 Å². The first-order chi connectivity index (χ1) is 11.3. The molecule has 0 radical (unpaired) electrons. The van der Waals surface area contributed by atoms with Crippen LogP contribution in [0.15, 0.2) is 0 Å². The fourth-order valence-electron chi connectivity index (χ4n) is 2.20. The molecular weight excluding hydrogens is 437 g/mol. The fourth-order valence-corrected chi connectivity index (χ4v) is 4.53. The van der Waals surface area contributed by atoms with E-state index in [9.17, 15) is 0 Å². The first kappa shape index (κ1) is 25.6. The molecule has 1 rings (SSSR count). The number of hydrogen-bond acceptors (Lipinski definition) is 4. The zero-order chi connectivity index (χ0) is 18.7. The highest BCUT2D eigenvalue weighted by molar-refractivity contribution is 6.45. The van der Waals surface area contributed by atoms with Crippen molar-refractivity contribution in [2.75, 3.05) is 39.3 Å². The average molecular weight is 465 g/mol. The van der Waals surface area contributed by atoms with Crippen LogP contribution in [0.5, 0.6) is 0 Å². The number of halogens is 6. The molecule has 1 aliphatic rings. The minimum Gasteiger partial charge on any atom is -0.330 e. The molecule has 0 amide bonds. The summed E-state index contributed by atoms with van der Waals surface area (Å²) in [7, 11) is 0. The minimum atomic E-state index is -0.437. The van der Waals surface area contributed by atoms with E-state index >= 15 is 0 Å². The lowest BCUT2D eigenvalue weighted by molar-refractivity contribution is 0.277. The van der Waals surface area contributed by atoms with E-state index in [1.54, 1.807) is 0 Å². The van der Waals surface area contributed by atoms with Crippen molar-refractivity contribution in [2.24, 2.45) is 17.2 Å². The highest BCUT2D eigenvalue weighted by Crippen LogP contribution is 2.39. The molecule has 1 aliphatic carbocycles. The molecule has 1 fully saturated rings. The maximum Gasteiger partial charge on any atom is 0.0693 e. The highest BCUT2D eigenvalue weighted by atomic mass is 35.5. The van der Waals surface area contributed by atoms with E-state index < -0.39 is 32.3 Å². The Morgan fingerprint density at radius 3 is 1.00 bits per heavy atom. The van der Waals surface area contributed by atoms with Crippen LogP contribution in [0.2, 0.25) is 0 Å². The Labute approximate surface area is 175 Å². The molecule has 4 nitrogen and oxygen atoms in total. The van der Waals surface area contributed by atoms with Gasteiger partial charge in [0.05, 0.1) is 32.3 Å². The van der Waals surface area contributed by atoms with Crippen LogP contribution in [0.4, 0.5) is 0 Å². The molecular formula is C14H28Cl6N4. The van der Waals surface area contributed by atoms with E-state index in [0.29, 0.717) is 0 Å². The third-order valence-corrected chi connectivity index (χ3v) is 7.66. The van der Waals surface area contributed by atoms with Gasteiger partial charge in [0.15, 0.2) is 0 Å². The minimum absolute atomic E-state index is 0.437. The van der Waals surface area contributed by atoms with Crippen molar-refractivity contribution in [3.8, 4) is 0 Å². The Morgan fingerprint density at radius 2 is 0.792 bits per heavy atom. The topological polar surface area (TPSA) is 81.3 Å². The predicted molar refractivity (Wildman–Crippen MR) is 111 cm³/mol. The SMILES string of the molecule is Cl[C@H]1[C@H](Cl)[C@@H](Cl)[C@@H](Cl)[C@H](Cl)[C@H]1Cl.NCCCN(CCN)CCCN. The summed E-state index contributed by atoms with van der Waals surface area (Å²) in [4.78, 5) is 2.32. The van der Waals surface area contributed by atoms with Gasteiger partial charge in [-0.2, -0.15) is 0 Å². The van der Waals surface area contributed by atoms with Crippen LogP contribution in [0, 0.1) is 0 Å². The molecule has 146 valence electrons. The summed E-state index contributed by atoms with van der Waals surface area (Å²) in [6.45, 7) is 5.28. The maximum absolute atomic E-state index is 5.88. The van der Waals surface area contributed by atoms with Gasteiger partial charge in [0.25, 0.3) is 0 Å². The summed E-state index contributed by atoms with van der Waals surface area (Å²) in [5.74, 6) is 0. The smallest absolute Gasteiger partial charge is 0.0693 e. The molecule has 0 atom stereocenters. The highest BCUT2D eigenvalue weighted by Gasteiger charge is 2.46. The van der Waals surface area contributed by atoms with Crippen molar-refractivity contribution in [3.05, 3.63) is 0 Å². The zero-order valence-electron chi connectivity index (χ0n) is 13.6. The molecule has 0 aromatic heterocycles. The van der Waals surface area contributed by atoms with Gasteiger partial charge in [0, 0.05) is 13.1 Å². The molecule has 0 spiro atoms. The predicted octanol–water partition coefficient (Wildman–Crippen LogP) is 2.59. The van der Waals surface area contributed by atoms with Gasteiger partial charge in [0.2, 0.25) is 0 Å². The number of nitrogens with zero attached hydrogens (tertiary/aromatic N) is 1. The lowest BCUT2D eigenvalue weighted by Crippen LogP contribution is -2.52. The lowest BCUT2D eigenvalue weighted by Gasteiger charge is -2.37. The van der Waals surface area contributed by atoms with E-state index in [4.69, 9.17) is 86.8 Å². The monoisotopic (exact) mass is 462 g/mol. The van der Waals surface area contributed by atoms with Crippen molar-refractivity contribution < 1.29 is 0 Å². The molecule has 0 unspecified atom stereocenters.